The third-order valence-electron chi connectivity index (χ3n) is 2.51. The summed E-state index contributed by atoms with van der Waals surface area (Å²) in [6.45, 7) is 5.93. The molecule has 2 atom stereocenters. The number of hydrogen-bond acceptors (Lipinski definition) is 4. The van der Waals surface area contributed by atoms with Gasteiger partial charge in [0.25, 0.3) is 0 Å². The summed E-state index contributed by atoms with van der Waals surface area (Å²) in [6, 6.07) is -0.635. The van der Waals surface area contributed by atoms with Crippen molar-refractivity contribution in [2.45, 2.75) is 32.9 Å². The summed E-state index contributed by atoms with van der Waals surface area (Å²) in [6.07, 6.45) is -0.438. The number of ether oxygens (including phenoxy) is 2. The van der Waals surface area contributed by atoms with Gasteiger partial charge in [-0.15, -0.1) is 0 Å². The predicted molar refractivity (Wildman–Crippen MR) is 53.3 cm³/mol. The van der Waals surface area contributed by atoms with Crippen LogP contribution >= 0.6 is 0 Å². The lowest BCUT2D eigenvalue weighted by Gasteiger charge is -2.29. The molecule has 0 aromatic carbocycles. The third kappa shape index (κ3) is 2.22. The molecule has 86 valence electrons. The average molecular weight is 215 g/mol. The third-order valence-corrected chi connectivity index (χ3v) is 2.51. The highest BCUT2D eigenvalue weighted by Crippen LogP contribution is 2.21. The standard InChI is InChI=1S/C10H17NO4/c1-6(2)8(9(12)14-4)11-7(3)5-15-10(11)13/h6-8H,5H2,1-4H3/t7?,8-/m1/s1. The van der Waals surface area contributed by atoms with Crippen LogP contribution < -0.4 is 0 Å². The van der Waals surface area contributed by atoms with Crippen LogP contribution in [-0.2, 0) is 14.3 Å². The summed E-state index contributed by atoms with van der Waals surface area (Å²) < 4.78 is 9.58. The van der Waals surface area contributed by atoms with Crippen molar-refractivity contribution < 1.29 is 19.1 Å². The van der Waals surface area contributed by atoms with Crippen molar-refractivity contribution in [3.8, 4) is 0 Å². The number of carbonyl (C=O) groups is 2. The fraction of sp³-hybridized carbons (Fsp3) is 0.800. The van der Waals surface area contributed by atoms with Crippen LogP contribution in [0, 0.1) is 5.92 Å². The average Bonchev–Trinajstić information content (AvgIpc) is 2.49. The van der Waals surface area contributed by atoms with Crippen LogP contribution in [0.5, 0.6) is 0 Å². The molecule has 5 nitrogen and oxygen atoms in total. The van der Waals surface area contributed by atoms with Crippen LogP contribution in [0.2, 0.25) is 0 Å². The van der Waals surface area contributed by atoms with Crippen LogP contribution in [0.15, 0.2) is 0 Å². The van der Waals surface area contributed by atoms with Gasteiger partial charge in [0.2, 0.25) is 0 Å². The number of carbonyl (C=O) groups excluding carboxylic acids is 2. The van der Waals surface area contributed by atoms with Gasteiger partial charge in [-0.3, -0.25) is 4.90 Å². The quantitative estimate of drug-likeness (QED) is 0.660. The van der Waals surface area contributed by atoms with Crippen molar-refractivity contribution in [3.63, 3.8) is 0 Å². The molecule has 0 spiro atoms. The van der Waals surface area contributed by atoms with Crippen LogP contribution in [0.4, 0.5) is 4.79 Å². The molecule has 0 bridgehead atoms. The van der Waals surface area contributed by atoms with Gasteiger partial charge in [-0.05, 0) is 12.8 Å². The highest BCUT2D eigenvalue weighted by atomic mass is 16.6. The van der Waals surface area contributed by atoms with Crippen molar-refractivity contribution in [2.75, 3.05) is 13.7 Å². The fourth-order valence-electron chi connectivity index (χ4n) is 1.74. The molecule has 1 aliphatic rings. The number of amides is 1. The van der Waals surface area contributed by atoms with Crippen LogP contribution in [0.1, 0.15) is 20.8 Å². The van der Waals surface area contributed by atoms with E-state index < -0.39 is 18.1 Å². The van der Waals surface area contributed by atoms with E-state index in [2.05, 4.69) is 0 Å². The van der Waals surface area contributed by atoms with E-state index >= 15 is 0 Å². The van der Waals surface area contributed by atoms with Gasteiger partial charge < -0.3 is 9.47 Å². The predicted octanol–water partition coefficient (Wildman–Crippen LogP) is 1.02. The molecule has 0 aromatic rings. The molecule has 0 aliphatic carbocycles. The zero-order valence-corrected chi connectivity index (χ0v) is 9.52. The SMILES string of the molecule is COC(=O)[C@@H](C(C)C)N1C(=O)OCC1C. The van der Waals surface area contributed by atoms with Gasteiger partial charge in [-0.2, -0.15) is 0 Å². The summed E-state index contributed by atoms with van der Waals surface area (Å²) in [7, 11) is 1.32. The first-order chi connectivity index (χ1) is 6.99. The second kappa shape index (κ2) is 4.51. The van der Waals surface area contributed by atoms with Crippen molar-refractivity contribution in [1.29, 1.82) is 0 Å². The first-order valence-corrected chi connectivity index (χ1v) is 5.02. The van der Waals surface area contributed by atoms with E-state index in [1.807, 2.05) is 20.8 Å². The molecule has 1 aliphatic heterocycles. The Morgan fingerprint density at radius 3 is 2.53 bits per heavy atom. The molecule has 1 heterocycles. The Morgan fingerprint density at radius 2 is 2.20 bits per heavy atom. The van der Waals surface area contributed by atoms with Crippen LogP contribution in [-0.4, -0.2) is 42.8 Å². The van der Waals surface area contributed by atoms with E-state index in [-0.39, 0.29) is 12.0 Å². The Labute approximate surface area is 89.3 Å². The molecule has 0 saturated carbocycles. The molecular formula is C10H17NO4. The van der Waals surface area contributed by atoms with Gasteiger partial charge in [-0.25, -0.2) is 9.59 Å². The zero-order chi connectivity index (χ0) is 11.6. The second-order valence-electron chi connectivity index (χ2n) is 4.05. The van der Waals surface area contributed by atoms with Gasteiger partial charge >= 0.3 is 12.1 Å². The van der Waals surface area contributed by atoms with Crippen molar-refractivity contribution >= 4 is 12.1 Å². The molecule has 1 amide bonds. The Bertz CT molecular complexity index is 264. The Kier molecular flexibility index (Phi) is 3.55. The molecule has 1 rings (SSSR count). The Hall–Kier alpha value is -1.26. The minimum absolute atomic E-state index is 0.00514. The normalized spacial score (nSPS) is 22.9. The van der Waals surface area contributed by atoms with Crippen LogP contribution in [0.3, 0.4) is 0 Å². The summed E-state index contributed by atoms with van der Waals surface area (Å²) in [4.78, 5) is 24.5. The summed E-state index contributed by atoms with van der Waals surface area (Å²) in [5, 5.41) is 0. The summed E-state index contributed by atoms with van der Waals surface area (Å²) in [5.74, 6) is -0.388. The van der Waals surface area contributed by atoms with Gasteiger partial charge in [0.1, 0.15) is 12.6 Å². The van der Waals surface area contributed by atoms with Crippen LogP contribution in [0.25, 0.3) is 0 Å². The maximum atomic E-state index is 11.6. The topological polar surface area (TPSA) is 55.8 Å². The van der Waals surface area contributed by atoms with Gasteiger partial charge in [0.05, 0.1) is 13.2 Å². The number of cyclic esters (lactones) is 1. The van der Waals surface area contributed by atoms with E-state index in [1.54, 1.807) is 0 Å². The molecule has 0 radical (unpaired) electrons. The molecule has 5 heteroatoms. The number of nitrogens with zero attached hydrogens (tertiary/aromatic N) is 1. The maximum absolute atomic E-state index is 11.6. The highest BCUT2D eigenvalue weighted by Gasteiger charge is 2.41. The molecule has 0 aromatic heterocycles. The van der Waals surface area contributed by atoms with E-state index in [4.69, 9.17) is 9.47 Å². The van der Waals surface area contributed by atoms with Crippen molar-refractivity contribution in [2.24, 2.45) is 5.92 Å². The molecule has 1 unspecified atom stereocenters. The zero-order valence-electron chi connectivity index (χ0n) is 9.52. The Morgan fingerprint density at radius 1 is 1.60 bits per heavy atom. The number of hydrogen-bond donors (Lipinski definition) is 0. The monoisotopic (exact) mass is 215 g/mol. The minimum Gasteiger partial charge on any atom is -0.467 e. The second-order valence-corrected chi connectivity index (χ2v) is 4.05. The lowest BCUT2D eigenvalue weighted by molar-refractivity contribution is -0.147. The fourth-order valence-corrected chi connectivity index (χ4v) is 1.74. The van der Waals surface area contributed by atoms with Gasteiger partial charge in [0.15, 0.2) is 0 Å². The smallest absolute Gasteiger partial charge is 0.410 e. The number of rotatable bonds is 3. The van der Waals surface area contributed by atoms with E-state index in [0.717, 1.165) is 0 Å². The molecular weight excluding hydrogens is 198 g/mol. The lowest BCUT2D eigenvalue weighted by atomic mass is 10.0. The van der Waals surface area contributed by atoms with Gasteiger partial charge in [0, 0.05) is 0 Å². The largest absolute Gasteiger partial charge is 0.467 e. The summed E-state index contributed by atoms with van der Waals surface area (Å²) >= 11 is 0. The molecule has 1 saturated heterocycles. The minimum atomic E-state index is -0.556. The van der Waals surface area contributed by atoms with E-state index in [9.17, 15) is 9.59 Å². The van der Waals surface area contributed by atoms with Gasteiger partial charge in [-0.1, -0.05) is 13.8 Å². The first kappa shape index (κ1) is 11.8. The molecule has 1 fully saturated rings. The number of methoxy groups -OCH3 is 1. The Balaban J connectivity index is 2.88. The van der Waals surface area contributed by atoms with E-state index in [1.165, 1.54) is 12.0 Å². The first-order valence-electron chi connectivity index (χ1n) is 5.02. The maximum Gasteiger partial charge on any atom is 0.410 e. The van der Waals surface area contributed by atoms with Crippen molar-refractivity contribution in [1.82, 2.24) is 4.90 Å². The van der Waals surface area contributed by atoms with Crippen molar-refractivity contribution in [3.05, 3.63) is 0 Å². The summed E-state index contributed by atoms with van der Waals surface area (Å²) in [5.41, 5.74) is 0. The van der Waals surface area contributed by atoms with E-state index in [0.29, 0.717) is 6.61 Å². The number of esters is 1. The molecule has 0 N–H and O–H groups in total. The lowest BCUT2D eigenvalue weighted by Crippen LogP contribution is -2.49. The highest BCUT2D eigenvalue weighted by molar-refractivity contribution is 5.82. The molecule has 15 heavy (non-hydrogen) atoms.